The van der Waals surface area contributed by atoms with Crippen LogP contribution in [-0.4, -0.2) is 33.1 Å². The molecule has 0 aliphatic rings. The van der Waals surface area contributed by atoms with E-state index >= 15 is 0 Å². The summed E-state index contributed by atoms with van der Waals surface area (Å²) in [7, 11) is -4.10. The number of aliphatic carboxylic acids is 1. The van der Waals surface area contributed by atoms with Crippen molar-refractivity contribution in [2.75, 3.05) is 6.16 Å². The maximum atomic E-state index is 10.2. The first-order chi connectivity index (χ1) is 4.83. The van der Waals surface area contributed by atoms with E-state index in [-0.39, 0.29) is 13.8 Å². The van der Waals surface area contributed by atoms with Crippen molar-refractivity contribution in [2.24, 2.45) is 5.73 Å². The van der Waals surface area contributed by atoms with Gasteiger partial charge in [0.15, 0.2) is 0 Å². The summed E-state index contributed by atoms with van der Waals surface area (Å²) in [6.45, 7) is 0. The normalized spacial score (nSPS) is 13.2. The zero-order valence-electron chi connectivity index (χ0n) is 5.67. The molecule has 0 amide bonds. The third-order valence-corrected chi connectivity index (χ3v) is 1.89. The number of carboxylic acids is 1. The molecule has 74 valence electrons. The van der Waals surface area contributed by atoms with E-state index in [9.17, 15) is 9.36 Å². The van der Waals surface area contributed by atoms with Crippen LogP contribution in [0.25, 0.3) is 0 Å². The predicted octanol–water partition coefficient (Wildman–Crippen LogP) is -0.398. The molecule has 0 aromatic carbocycles. The van der Waals surface area contributed by atoms with Crippen LogP contribution in [0.15, 0.2) is 0 Å². The summed E-state index contributed by atoms with van der Waals surface area (Å²) in [5.41, 5.74) is 4.98. The predicted molar refractivity (Wildman–Crippen MR) is 43.9 cm³/mol. The van der Waals surface area contributed by atoms with Crippen molar-refractivity contribution in [1.29, 1.82) is 0 Å². The maximum absolute atomic E-state index is 10.2. The molecule has 0 saturated carbocycles. The lowest BCUT2D eigenvalue weighted by molar-refractivity contribution is -0.138. The monoisotopic (exact) mass is 199 g/mol. The minimum Gasteiger partial charge on any atom is -0.480 e. The summed E-state index contributed by atoms with van der Waals surface area (Å²) in [5.74, 6) is -1.25. The molecule has 6 nitrogen and oxygen atoms in total. The number of hydrogen-bond donors (Lipinski definition) is 4. The lowest BCUT2D eigenvalue weighted by Crippen LogP contribution is -2.30. The Morgan fingerprint density at radius 2 is 1.92 bits per heavy atom. The van der Waals surface area contributed by atoms with Gasteiger partial charge in [-0.25, -0.2) is 0 Å². The number of rotatable bonds is 4. The van der Waals surface area contributed by atoms with Crippen molar-refractivity contribution >= 4 is 13.6 Å². The standard InChI is InChI=1S/C4H10NO5P.CH4/c5-3(4(6)7)1-2-11(8,9)10;/h3H,1-2,5H2,(H,6,7)(H2,8,9,10);1H4/t3-;/m0./s1. The molecule has 7 heteroatoms. The molecule has 0 aliphatic heterocycles. The molecule has 0 unspecified atom stereocenters. The molecule has 0 rings (SSSR count). The van der Waals surface area contributed by atoms with E-state index in [1.165, 1.54) is 0 Å². The molecule has 0 aromatic rings. The lowest BCUT2D eigenvalue weighted by Gasteiger charge is -2.06. The van der Waals surface area contributed by atoms with Gasteiger partial charge in [0.05, 0.1) is 6.16 Å². The molecule has 0 bridgehead atoms. The van der Waals surface area contributed by atoms with Crippen molar-refractivity contribution in [3.05, 3.63) is 0 Å². The second kappa shape index (κ2) is 5.27. The molecule has 0 aromatic heterocycles. The van der Waals surface area contributed by atoms with E-state index in [0.29, 0.717) is 0 Å². The molecule has 12 heavy (non-hydrogen) atoms. The molecule has 0 radical (unpaired) electrons. The highest BCUT2D eigenvalue weighted by atomic mass is 31.2. The lowest BCUT2D eigenvalue weighted by atomic mass is 10.2. The summed E-state index contributed by atoms with van der Waals surface area (Å²) in [4.78, 5) is 26.7. The molecule has 0 spiro atoms. The minimum absolute atomic E-state index is 0. The Bertz CT molecular complexity index is 188. The van der Waals surface area contributed by atoms with Crippen LogP contribution >= 0.6 is 7.60 Å². The van der Waals surface area contributed by atoms with Crippen LogP contribution in [0.4, 0.5) is 0 Å². The van der Waals surface area contributed by atoms with E-state index in [0.717, 1.165) is 0 Å². The zero-order chi connectivity index (χ0) is 9.07. The topological polar surface area (TPSA) is 121 Å². The molecule has 0 aliphatic carbocycles. The number of carboxylic acid groups (broad SMARTS) is 1. The number of carbonyl (C=O) groups is 1. The third-order valence-electron chi connectivity index (χ3n) is 1.05. The van der Waals surface area contributed by atoms with E-state index in [2.05, 4.69) is 0 Å². The highest BCUT2D eigenvalue weighted by Gasteiger charge is 2.18. The molecule has 0 heterocycles. The molecular formula is C5H14NO5P. The number of nitrogens with two attached hydrogens (primary N) is 1. The second-order valence-corrected chi connectivity index (χ2v) is 3.90. The summed E-state index contributed by atoms with van der Waals surface area (Å²) >= 11 is 0. The van der Waals surface area contributed by atoms with Crippen molar-refractivity contribution in [1.82, 2.24) is 0 Å². The van der Waals surface area contributed by atoms with Crippen LogP contribution in [0.3, 0.4) is 0 Å². The van der Waals surface area contributed by atoms with Gasteiger partial charge in [0.25, 0.3) is 0 Å². The molecular weight excluding hydrogens is 185 g/mol. The summed E-state index contributed by atoms with van der Waals surface area (Å²) in [6, 6.07) is -1.19. The maximum Gasteiger partial charge on any atom is 0.325 e. The Kier molecular flexibility index (Phi) is 6.20. The molecule has 5 N–H and O–H groups in total. The van der Waals surface area contributed by atoms with Crippen molar-refractivity contribution in [2.45, 2.75) is 19.9 Å². The SMILES string of the molecule is C.N[C@@H](CCP(=O)(O)O)C(=O)O. The van der Waals surface area contributed by atoms with Crippen LogP contribution in [0.2, 0.25) is 0 Å². The largest absolute Gasteiger partial charge is 0.480 e. The Balaban J connectivity index is 0. The van der Waals surface area contributed by atoms with Gasteiger partial charge in [-0.05, 0) is 6.42 Å². The third kappa shape index (κ3) is 7.68. The highest BCUT2D eigenvalue weighted by Crippen LogP contribution is 2.35. The quantitative estimate of drug-likeness (QED) is 0.457. The molecule has 1 atom stereocenters. The van der Waals surface area contributed by atoms with E-state index in [4.69, 9.17) is 20.6 Å². The van der Waals surface area contributed by atoms with Crippen LogP contribution in [0.1, 0.15) is 13.8 Å². The van der Waals surface area contributed by atoms with Gasteiger partial charge >= 0.3 is 13.6 Å². The Labute approximate surface area is 70.6 Å². The van der Waals surface area contributed by atoms with Gasteiger partial charge in [-0.1, -0.05) is 7.43 Å². The Hall–Kier alpha value is -0.420. The molecule has 0 fully saturated rings. The summed E-state index contributed by atoms with van der Waals surface area (Å²) < 4.78 is 10.2. The van der Waals surface area contributed by atoms with Crippen LogP contribution in [0.5, 0.6) is 0 Å². The first-order valence-electron chi connectivity index (χ1n) is 2.86. The van der Waals surface area contributed by atoms with Gasteiger partial charge in [0.1, 0.15) is 6.04 Å². The van der Waals surface area contributed by atoms with Gasteiger partial charge in [-0.15, -0.1) is 0 Å². The number of hydrogen-bond acceptors (Lipinski definition) is 3. The Morgan fingerprint density at radius 1 is 1.50 bits per heavy atom. The van der Waals surface area contributed by atoms with Gasteiger partial charge in [0.2, 0.25) is 0 Å². The van der Waals surface area contributed by atoms with Crippen LogP contribution in [0, 0.1) is 0 Å². The van der Waals surface area contributed by atoms with Crippen LogP contribution < -0.4 is 5.73 Å². The zero-order valence-corrected chi connectivity index (χ0v) is 6.57. The minimum atomic E-state index is -4.10. The smallest absolute Gasteiger partial charge is 0.325 e. The highest BCUT2D eigenvalue weighted by molar-refractivity contribution is 7.51. The first-order valence-corrected chi connectivity index (χ1v) is 4.65. The van der Waals surface area contributed by atoms with E-state index in [1.807, 2.05) is 0 Å². The van der Waals surface area contributed by atoms with Gasteiger partial charge < -0.3 is 20.6 Å². The fourth-order valence-electron chi connectivity index (χ4n) is 0.431. The van der Waals surface area contributed by atoms with Gasteiger partial charge in [-0.3, -0.25) is 9.36 Å². The first kappa shape index (κ1) is 14.1. The molecule has 0 saturated heterocycles. The van der Waals surface area contributed by atoms with E-state index < -0.39 is 25.8 Å². The fourth-order valence-corrected chi connectivity index (χ4v) is 1.05. The Morgan fingerprint density at radius 3 is 2.17 bits per heavy atom. The van der Waals surface area contributed by atoms with Crippen molar-refractivity contribution < 1.29 is 24.3 Å². The van der Waals surface area contributed by atoms with Gasteiger partial charge in [0, 0.05) is 0 Å². The van der Waals surface area contributed by atoms with Gasteiger partial charge in [-0.2, -0.15) is 0 Å². The van der Waals surface area contributed by atoms with Crippen molar-refractivity contribution in [3.8, 4) is 0 Å². The van der Waals surface area contributed by atoms with Crippen LogP contribution in [-0.2, 0) is 9.36 Å². The van der Waals surface area contributed by atoms with E-state index in [1.54, 1.807) is 0 Å². The summed E-state index contributed by atoms with van der Waals surface area (Å²) in [6.07, 6.45) is -0.694. The summed E-state index contributed by atoms with van der Waals surface area (Å²) in [5, 5.41) is 8.20. The fraction of sp³-hybridized carbons (Fsp3) is 0.800. The second-order valence-electron chi connectivity index (χ2n) is 2.12. The average Bonchev–Trinajstić information content (AvgIpc) is 1.80. The average molecular weight is 199 g/mol. The van der Waals surface area contributed by atoms with Crippen molar-refractivity contribution in [3.63, 3.8) is 0 Å².